The van der Waals surface area contributed by atoms with Crippen LogP contribution in [0.25, 0.3) is 5.57 Å². The van der Waals surface area contributed by atoms with Gasteiger partial charge >= 0.3 is 0 Å². The molecule has 2 N–H and O–H groups in total. The largest absolute Gasteiger partial charge is 0.510 e. The number of nitrogens with zero attached hydrogens (tertiary/aromatic N) is 1. The molecule has 2 aromatic carbocycles. The molecule has 5 heteroatoms. The second-order valence-corrected chi connectivity index (χ2v) is 6.60. The van der Waals surface area contributed by atoms with Crippen molar-refractivity contribution in [3.05, 3.63) is 82.6 Å². The highest BCUT2D eigenvalue weighted by atomic mass is 35.5. The number of nitriles is 1. The Hall–Kier alpha value is -3.03. The van der Waals surface area contributed by atoms with E-state index in [0.29, 0.717) is 10.7 Å². The molecular weight excluding hydrogens is 348 g/mol. The van der Waals surface area contributed by atoms with Gasteiger partial charge in [0, 0.05) is 16.6 Å². The molecule has 1 fully saturated rings. The van der Waals surface area contributed by atoms with Crippen LogP contribution in [0.5, 0.6) is 0 Å². The fourth-order valence-electron chi connectivity index (χ4n) is 2.55. The van der Waals surface area contributed by atoms with Crippen molar-refractivity contribution < 1.29 is 9.90 Å². The fourth-order valence-corrected chi connectivity index (χ4v) is 2.68. The predicted octanol–water partition coefficient (Wildman–Crippen LogP) is 5.09. The Labute approximate surface area is 157 Å². The number of halogens is 1. The van der Waals surface area contributed by atoms with Gasteiger partial charge in [-0.15, -0.1) is 0 Å². The Bertz CT molecular complexity index is 918. The number of anilines is 1. The Morgan fingerprint density at radius 3 is 2.15 bits per heavy atom. The van der Waals surface area contributed by atoms with Crippen molar-refractivity contribution in [2.45, 2.75) is 12.8 Å². The Morgan fingerprint density at radius 1 is 1.12 bits per heavy atom. The first kappa shape index (κ1) is 17.8. The van der Waals surface area contributed by atoms with E-state index < -0.39 is 5.91 Å². The van der Waals surface area contributed by atoms with Gasteiger partial charge in [-0.25, -0.2) is 0 Å². The van der Waals surface area contributed by atoms with Crippen LogP contribution in [0.15, 0.2) is 66.4 Å². The molecule has 1 aliphatic carbocycles. The van der Waals surface area contributed by atoms with Crippen molar-refractivity contribution in [3.8, 4) is 6.07 Å². The number of amides is 1. The topological polar surface area (TPSA) is 73.1 Å². The maximum atomic E-state index is 12.2. The number of allylic oxidation sites excluding steroid dienone is 1. The van der Waals surface area contributed by atoms with Crippen LogP contribution in [0.4, 0.5) is 5.69 Å². The van der Waals surface area contributed by atoms with E-state index in [4.69, 9.17) is 16.9 Å². The van der Waals surface area contributed by atoms with Gasteiger partial charge in [0.1, 0.15) is 11.8 Å². The zero-order valence-corrected chi connectivity index (χ0v) is 14.8. The van der Waals surface area contributed by atoms with Crippen LogP contribution in [-0.4, -0.2) is 11.0 Å². The van der Waals surface area contributed by atoms with Crippen LogP contribution in [0, 0.1) is 17.2 Å². The molecule has 3 rings (SSSR count). The average Bonchev–Trinajstić information content (AvgIpc) is 3.48. The number of benzene rings is 2. The zero-order valence-electron chi connectivity index (χ0n) is 14.0. The third-order valence-electron chi connectivity index (χ3n) is 4.24. The molecule has 0 radical (unpaired) electrons. The molecule has 0 heterocycles. The summed E-state index contributed by atoms with van der Waals surface area (Å²) >= 11 is 5.90. The first-order valence-electron chi connectivity index (χ1n) is 8.19. The highest BCUT2D eigenvalue weighted by Crippen LogP contribution is 2.36. The lowest BCUT2D eigenvalue weighted by atomic mass is 9.99. The molecular formula is C21H17ClN2O2. The number of hydrogen-bond acceptors (Lipinski definition) is 3. The Balaban J connectivity index is 1.72. The highest BCUT2D eigenvalue weighted by Gasteiger charge is 2.30. The van der Waals surface area contributed by atoms with E-state index >= 15 is 0 Å². The molecule has 0 saturated heterocycles. The smallest absolute Gasteiger partial charge is 0.269 e. The molecule has 130 valence electrons. The SMILES string of the molecule is C=C(c1ccc(Cl)cc1)c1ccc(NC(=O)C(C#N)=C(O)C2CC2)cc1. The molecule has 26 heavy (non-hydrogen) atoms. The van der Waals surface area contributed by atoms with Gasteiger partial charge in [-0.05, 0) is 53.8 Å². The van der Waals surface area contributed by atoms with Crippen molar-refractivity contribution in [3.63, 3.8) is 0 Å². The summed E-state index contributed by atoms with van der Waals surface area (Å²) in [6, 6.07) is 16.3. The van der Waals surface area contributed by atoms with Gasteiger partial charge in [0.05, 0.1) is 0 Å². The maximum Gasteiger partial charge on any atom is 0.269 e. The monoisotopic (exact) mass is 364 g/mol. The van der Waals surface area contributed by atoms with E-state index in [-0.39, 0.29) is 17.3 Å². The summed E-state index contributed by atoms with van der Waals surface area (Å²) in [5, 5.41) is 22.4. The predicted molar refractivity (Wildman–Crippen MR) is 103 cm³/mol. The van der Waals surface area contributed by atoms with Crippen LogP contribution < -0.4 is 5.32 Å². The highest BCUT2D eigenvalue weighted by molar-refractivity contribution is 6.30. The second-order valence-electron chi connectivity index (χ2n) is 6.16. The molecule has 1 saturated carbocycles. The summed E-state index contributed by atoms with van der Waals surface area (Å²) in [4.78, 5) is 12.2. The van der Waals surface area contributed by atoms with Crippen LogP contribution in [0.1, 0.15) is 24.0 Å². The van der Waals surface area contributed by atoms with Gasteiger partial charge in [-0.1, -0.05) is 42.4 Å². The third kappa shape index (κ3) is 3.96. The first-order valence-corrected chi connectivity index (χ1v) is 8.57. The molecule has 0 spiro atoms. The molecule has 0 aliphatic heterocycles. The molecule has 0 atom stereocenters. The van der Waals surface area contributed by atoms with Gasteiger partial charge in [0.2, 0.25) is 0 Å². The molecule has 2 aromatic rings. The molecule has 1 amide bonds. The van der Waals surface area contributed by atoms with Gasteiger partial charge in [-0.3, -0.25) is 4.79 Å². The van der Waals surface area contributed by atoms with Crippen LogP contribution in [-0.2, 0) is 4.79 Å². The number of carbonyl (C=O) groups excluding carboxylic acids is 1. The lowest BCUT2D eigenvalue weighted by Crippen LogP contribution is -2.16. The number of hydrogen-bond donors (Lipinski definition) is 2. The Morgan fingerprint density at radius 2 is 1.65 bits per heavy atom. The third-order valence-corrected chi connectivity index (χ3v) is 4.49. The number of aliphatic hydroxyl groups is 1. The van der Waals surface area contributed by atoms with E-state index in [1.165, 1.54) is 0 Å². The minimum absolute atomic E-state index is 0.0551. The van der Waals surface area contributed by atoms with Gasteiger partial charge in [0.25, 0.3) is 5.91 Å². The van der Waals surface area contributed by atoms with E-state index in [1.807, 2.05) is 24.3 Å². The summed E-state index contributed by atoms with van der Waals surface area (Å²) in [6.45, 7) is 4.09. The van der Waals surface area contributed by atoms with E-state index in [0.717, 1.165) is 29.5 Å². The quantitative estimate of drug-likeness (QED) is 0.441. The summed E-state index contributed by atoms with van der Waals surface area (Å²) in [5.74, 6) is -0.764. The second kappa shape index (κ2) is 7.47. The summed E-state index contributed by atoms with van der Waals surface area (Å²) in [6.07, 6.45) is 1.62. The van der Waals surface area contributed by atoms with Crippen LogP contribution in [0.3, 0.4) is 0 Å². The van der Waals surface area contributed by atoms with Crippen molar-refractivity contribution in [2.24, 2.45) is 5.92 Å². The molecule has 1 aliphatic rings. The van der Waals surface area contributed by atoms with Crippen molar-refractivity contribution in [1.29, 1.82) is 5.26 Å². The van der Waals surface area contributed by atoms with Crippen molar-refractivity contribution in [1.82, 2.24) is 0 Å². The summed E-state index contributed by atoms with van der Waals surface area (Å²) in [7, 11) is 0. The number of carbonyl (C=O) groups is 1. The van der Waals surface area contributed by atoms with Gasteiger partial charge in [-0.2, -0.15) is 5.26 Å². The maximum absolute atomic E-state index is 12.2. The minimum atomic E-state index is -0.596. The lowest BCUT2D eigenvalue weighted by molar-refractivity contribution is -0.112. The average molecular weight is 365 g/mol. The van der Waals surface area contributed by atoms with Gasteiger partial charge in [0.15, 0.2) is 5.57 Å². The van der Waals surface area contributed by atoms with Crippen molar-refractivity contribution in [2.75, 3.05) is 5.32 Å². The van der Waals surface area contributed by atoms with Gasteiger partial charge < -0.3 is 10.4 Å². The van der Waals surface area contributed by atoms with Crippen molar-refractivity contribution >= 4 is 28.8 Å². The fraction of sp³-hybridized carbons (Fsp3) is 0.143. The standard InChI is InChI=1S/C21H17ClN2O2/c1-13(14-4-8-17(22)9-5-14)15-6-10-18(11-7-15)24-21(26)19(12-23)20(25)16-2-3-16/h4-11,16,25H,1-3H2,(H,24,26). The zero-order chi connectivity index (χ0) is 18.7. The van der Waals surface area contributed by atoms with E-state index in [2.05, 4.69) is 11.9 Å². The lowest BCUT2D eigenvalue weighted by Gasteiger charge is -2.09. The summed E-state index contributed by atoms with van der Waals surface area (Å²) in [5.41, 5.74) is 3.02. The summed E-state index contributed by atoms with van der Waals surface area (Å²) < 4.78 is 0. The number of rotatable bonds is 5. The molecule has 0 aromatic heterocycles. The van der Waals surface area contributed by atoms with Crippen LogP contribution >= 0.6 is 11.6 Å². The number of nitrogens with one attached hydrogen (secondary N) is 1. The molecule has 4 nitrogen and oxygen atoms in total. The van der Waals surface area contributed by atoms with E-state index in [9.17, 15) is 9.90 Å². The minimum Gasteiger partial charge on any atom is -0.510 e. The number of aliphatic hydroxyl groups excluding tert-OH is 1. The Kier molecular flexibility index (Phi) is 5.11. The first-order chi connectivity index (χ1) is 12.5. The van der Waals surface area contributed by atoms with Crippen LogP contribution in [0.2, 0.25) is 5.02 Å². The van der Waals surface area contributed by atoms with E-state index in [1.54, 1.807) is 30.3 Å². The molecule has 0 unspecified atom stereocenters. The normalized spacial score (nSPS) is 14.2. The molecule has 0 bridgehead atoms.